The van der Waals surface area contributed by atoms with Gasteiger partial charge < -0.3 is 5.32 Å². The Morgan fingerprint density at radius 3 is 2.44 bits per heavy atom. The van der Waals surface area contributed by atoms with E-state index in [0.717, 1.165) is 12.1 Å². The second kappa shape index (κ2) is 8.28. The van der Waals surface area contributed by atoms with Crippen molar-refractivity contribution in [1.29, 1.82) is 0 Å². The second-order valence-electron chi connectivity index (χ2n) is 4.94. The maximum absolute atomic E-state index is 12.5. The highest BCUT2D eigenvalue weighted by Crippen LogP contribution is 2.29. The molecule has 0 aliphatic carbocycles. The average molecular weight is 376 g/mol. The largest absolute Gasteiger partial charge is 0.416 e. The molecule has 1 heterocycles. The monoisotopic (exact) mass is 376 g/mol. The molecule has 3 nitrogen and oxygen atoms in total. The minimum atomic E-state index is -4.40. The predicted octanol–water partition coefficient (Wildman–Crippen LogP) is 4.39. The molecule has 0 fully saturated rings. The number of thioether (sulfide) groups is 1. The Labute approximate surface area is 144 Å². The van der Waals surface area contributed by atoms with Gasteiger partial charge in [0.1, 0.15) is 5.03 Å². The first kappa shape index (κ1) is 19.2. The van der Waals surface area contributed by atoms with Crippen molar-refractivity contribution in [2.24, 2.45) is 0 Å². The number of rotatable bonds is 6. The number of aromatic nitrogens is 1. The number of nitrogens with one attached hydrogen (secondary N) is 1. The lowest BCUT2D eigenvalue weighted by Crippen LogP contribution is -2.26. The van der Waals surface area contributed by atoms with E-state index in [1.54, 1.807) is 0 Å². The summed E-state index contributed by atoms with van der Waals surface area (Å²) in [7, 11) is 0. The fourth-order valence-corrected chi connectivity index (χ4v) is 2.60. The Hall–Kier alpha value is -2.16. The van der Waals surface area contributed by atoms with E-state index < -0.39 is 23.4 Å². The van der Waals surface area contributed by atoms with Crippen LogP contribution in [0, 0.1) is 0 Å². The topological polar surface area (TPSA) is 42.0 Å². The van der Waals surface area contributed by atoms with E-state index in [0.29, 0.717) is 12.0 Å². The van der Waals surface area contributed by atoms with Crippen LogP contribution in [-0.4, -0.2) is 23.2 Å². The minimum Gasteiger partial charge on any atom is -0.352 e. The predicted molar refractivity (Wildman–Crippen MR) is 83.6 cm³/mol. The first-order chi connectivity index (χ1) is 11.8. The van der Waals surface area contributed by atoms with E-state index >= 15 is 0 Å². The lowest BCUT2D eigenvalue weighted by atomic mass is 10.1. The standard InChI is InChI=1S/C16H13F5N2OS/c17-15(18)25-14-12(2-1-8-23-14)13(24)22-9-7-10-3-5-11(6-4-10)16(19,20)21/h1-6,8,15H,7,9H2,(H,22,24). The van der Waals surface area contributed by atoms with E-state index in [-0.39, 0.29) is 28.9 Å². The molecule has 2 aromatic rings. The third-order valence-electron chi connectivity index (χ3n) is 3.20. The summed E-state index contributed by atoms with van der Waals surface area (Å²) in [4.78, 5) is 15.8. The van der Waals surface area contributed by atoms with Crippen molar-refractivity contribution in [1.82, 2.24) is 10.3 Å². The Balaban J connectivity index is 1.93. The Morgan fingerprint density at radius 1 is 1.16 bits per heavy atom. The van der Waals surface area contributed by atoms with Crippen LogP contribution in [0.15, 0.2) is 47.6 Å². The molecule has 0 aliphatic heterocycles. The van der Waals surface area contributed by atoms with E-state index in [2.05, 4.69) is 10.3 Å². The van der Waals surface area contributed by atoms with Crippen LogP contribution in [0.25, 0.3) is 0 Å². The summed E-state index contributed by atoms with van der Waals surface area (Å²) in [6.45, 7) is 0.151. The molecule has 1 N–H and O–H groups in total. The highest BCUT2D eigenvalue weighted by atomic mass is 32.2. The highest BCUT2D eigenvalue weighted by Gasteiger charge is 2.29. The van der Waals surface area contributed by atoms with Gasteiger partial charge in [-0.2, -0.15) is 22.0 Å². The van der Waals surface area contributed by atoms with E-state index in [4.69, 9.17) is 0 Å². The van der Waals surface area contributed by atoms with Gasteiger partial charge in [-0.3, -0.25) is 4.79 Å². The van der Waals surface area contributed by atoms with Crippen LogP contribution < -0.4 is 5.32 Å². The lowest BCUT2D eigenvalue weighted by molar-refractivity contribution is -0.137. The fourth-order valence-electron chi connectivity index (χ4n) is 2.02. The summed E-state index contributed by atoms with van der Waals surface area (Å²) >= 11 is 0.175. The number of benzene rings is 1. The number of hydrogen-bond donors (Lipinski definition) is 1. The molecule has 0 aliphatic rings. The van der Waals surface area contributed by atoms with Crippen LogP contribution >= 0.6 is 11.8 Å². The molecule has 1 aromatic carbocycles. The molecule has 0 saturated carbocycles. The molecule has 0 radical (unpaired) electrons. The molecule has 1 aromatic heterocycles. The van der Waals surface area contributed by atoms with Crippen molar-refractivity contribution >= 4 is 17.7 Å². The number of alkyl halides is 5. The summed E-state index contributed by atoms with van der Waals surface area (Å²) < 4.78 is 62.4. The number of carbonyl (C=O) groups excluding carboxylic acids is 1. The smallest absolute Gasteiger partial charge is 0.352 e. The summed E-state index contributed by atoms with van der Waals surface area (Å²) in [6, 6.07) is 7.44. The van der Waals surface area contributed by atoms with Gasteiger partial charge in [-0.1, -0.05) is 12.1 Å². The molecule has 25 heavy (non-hydrogen) atoms. The van der Waals surface area contributed by atoms with Gasteiger partial charge in [-0.05, 0) is 48.0 Å². The number of carbonyl (C=O) groups is 1. The number of halogens is 5. The van der Waals surface area contributed by atoms with Gasteiger partial charge in [0.25, 0.3) is 11.7 Å². The van der Waals surface area contributed by atoms with Gasteiger partial charge in [0.2, 0.25) is 0 Å². The zero-order chi connectivity index (χ0) is 18.4. The van der Waals surface area contributed by atoms with Crippen LogP contribution in [0.1, 0.15) is 21.5 Å². The average Bonchev–Trinajstić information content (AvgIpc) is 2.54. The van der Waals surface area contributed by atoms with Gasteiger partial charge in [0, 0.05) is 12.7 Å². The van der Waals surface area contributed by atoms with Crippen molar-refractivity contribution < 1.29 is 26.7 Å². The number of amides is 1. The molecular formula is C16H13F5N2OS. The van der Waals surface area contributed by atoms with Crippen LogP contribution in [0.5, 0.6) is 0 Å². The summed E-state index contributed by atoms with van der Waals surface area (Å²) in [5.41, 5.74) is -0.105. The highest BCUT2D eigenvalue weighted by molar-refractivity contribution is 7.99. The SMILES string of the molecule is O=C(NCCc1ccc(C(F)(F)F)cc1)c1cccnc1SC(F)F. The maximum atomic E-state index is 12.5. The van der Waals surface area contributed by atoms with Gasteiger partial charge in [0.05, 0.1) is 11.1 Å². The Morgan fingerprint density at radius 2 is 1.84 bits per heavy atom. The molecule has 9 heteroatoms. The maximum Gasteiger partial charge on any atom is 0.416 e. The van der Waals surface area contributed by atoms with Gasteiger partial charge in [0.15, 0.2) is 0 Å². The molecule has 0 bridgehead atoms. The van der Waals surface area contributed by atoms with Crippen molar-refractivity contribution in [3.05, 3.63) is 59.3 Å². The van der Waals surface area contributed by atoms with Crippen LogP contribution in [0.3, 0.4) is 0 Å². The quantitative estimate of drug-likeness (QED) is 0.601. The van der Waals surface area contributed by atoms with Crippen molar-refractivity contribution in [3.63, 3.8) is 0 Å². The lowest BCUT2D eigenvalue weighted by Gasteiger charge is -2.10. The Kier molecular flexibility index (Phi) is 6.35. The molecule has 0 unspecified atom stereocenters. The molecule has 134 valence electrons. The van der Waals surface area contributed by atoms with Crippen molar-refractivity contribution in [2.45, 2.75) is 23.4 Å². The van der Waals surface area contributed by atoms with Crippen LogP contribution in [0.4, 0.5) is 22.0 Å². The van der Waals surface area contributed by atoms with E-state index in [1.807, 2.05) is 0 Å². The number of nitrogens with zero attached hydrogens (tertiary/aromatic N) is 1. The summed E-state index contributed by atoms with van der Waals surface area (Å²) in [5, 5.41) is 2.47. The second-order valence-corrected chi connectivity index (χ2v) is 5.91. The zero-order valence-corrected chi connectivity index (χ0v) is 13.5. The molecule has 2 rings (SSSR count). The van der Waals surface area contributed by atoms with E-state index in [1.165, 1.54) is 30.5 Å². The normalized spacial score (nSPS) is 11.6. The molecular weight excluding hydrogens is 363 g/mol. The third-order valence-corrected chi connectivity index (χ3v) is 3.92. The Bertz CT molecular complexity index is 719. The van der Waals surface area contributed by atoms with Crippen molar-refractivity contribution in [3.8, 4) is 0 Å². The molecule has 0 atom stereocenters. The van der Waals surface area contributed by atoms with Crippen molar-refractivity contribution in [2.75, 3.05) is 6.54 Å². The van der Waals surface area contributed by atoms with Crippen LogP contribution in [-0.2, 0) is 12.6 Å². The minimum absolute atomic E-state index is 0.0280. The van der Waals surface area contributed by atoms with E-state index in [9.17, 15) is 26.7 Å². The molecule has 0 saturated heterocycles. The number of pyridine rings is 1. The molecule has 1 amide bonds. The first-order valence-electron chi connectivity index (χ1n) is 7.11. The number of hydrogen-bond acceptors (Lipinski definition) is 3. The van der Waals surface area contributed by atoms with Gasteiger partial charge >= 0.3 is 6.18 Å². The summed E-state index contributed by atoms with van der Waals surface area (Å²) in [5.74, 6) is -3.27. The summed E-state index contributed by atoms with van der Waals surface area (Å²) in [6.07, 6.45) is -2.78. The molecule has 0 spiro atoms. The van der Waals surface area contributed by atoms with Gasteiger partial charge in [-0.25, -0.2) is 4.98 Å². The van der Waals surface area contributed by atoms with Crippen LogP contribution in [0.2, 0.25) is 0 Å². The van der Waals surface area contributed by atoms with Gasteiger partial charge in [-0.15, -0.1) is 0 Å². The third kappa shape index (κ3) is 5.70. The first-order valence-corrected chi connectivity index (χ1v) is 7.99. The fraction of sp³-hybridized carbons (Fsp3) is 0.250. The zero-order valence-electron chi connectivity index (χ0n) is 12.7.